The highest BCUT2D eigenvalue weighted by molar-refractivity contribution is 5.61. The van der Waals surface area contributed by atoms with Gasteiger partial charge >= 0.3 is 0 Å². The third-order valence-electron chi connectivity index (χ3n) is 2.97. The Bertz CT molecular complexity index is 534. The lowest BCUT2D eigenvalue weighted by molar-refractivity contribution is 0.347. The molecule has 0 fully saturated rings. The zero-order valence-electron chi connectivity index (χ0n) is 11.4. The van der Waals surface area contributed by atoms with Crippen molar-refractivity contribution in [3.05, 3.63) is 48.7 Å². The molecule has 0 amide bonds. The fraction of sp³-hybridized carbons (Fsp3) is 0.267. The lowest BCUT2D eigenvalue weighted by Gasteiger charge is -2.17. The number of rotatable bonds is 6. The molecule has 1 aromatic heterocycles. The van der Waals surface area contributed by atoms with Crippen molar-refractivity contribution in [2.24, 2.45) is 0 Å². The van der Waals surface area contributed by atoms with Gasteiger partial charge in [-0.3, -0.25) is 10.00 Å². The summed E-state index contributed by atoms with van der Waals surface area (Å²) < 4.78 is 5.42. The molecule has 4 heteroatoms. The standard InChI is InChI=1S/C15H19N3O/c1-4-9-18(2)11-13-10-12(5-6-15(13)19-3)14-7-8-16-17-14/h4-8,10H,1,9,11H2,2-3H3,(H,16,17). The van der Waals surface area contributed by atoms with Crippen molar-refractivity contribution in [1.82, 2.24) is 15.1 Å². The van der Waals surface area contributed by atoms with Crippen LogP contribution in [0.15, 0.2) is 43.1 Å². The Kier molecular flexibility index (Phi) is 4.36. The molecule has 0 saturated carbocycles. The molecule has 0 atom stereocenters. The molecule has 1 heterocycles. The molecular formula is C15H19N3O. The van der Waals surface area contributed by atoms with Gasteiger partial charge in [-0.05, 0) is 31.3 Å². The number of H-pyrrole nitrogens is 1. The maximum atomic E-state index is 5.42. The Balaban J connectivity index is 2.28. The van der Waals surface area contributed by atoms with Gasteiger partial charge in [0.05, 0.1) is 12.8 Å². The quantitative estimate of drug-likeness (QED) is 0.809. The highest BCUT2D eigenvalue weighted by Crippen LogP contribution is 2.26. The summed E-state index contributed by atoms with van der Waals surface area (Å²) in [4.78, 5) is 2.18. The normalized spacial score (nSPS) is 10.7. The summed E-state index contributed by atoms with van der Waals surface area (Å²) >= 11 is 0. The molecule has 4 nitrogen and oxygen atoms in total. The third kappa shape index (κ3) is 3.23. The van der Waals surface area contributed by atoms with E-state index in [1.807, 2.05) is 24.3 Å². The molecule has 19 heavy (non-hydrogen) atoms. The van der Waals surface area contributed by atoms with Crippen LogP contribution >= 0.6 is 0 Å². The van der Waals surface area contributed by atoms with E-state index in [0.717, 1.165) is 35.7 Å². The van der Waals surface area contributed by atoms with Gasteiger partial charge in [0, 0.05) is 30.4 Å². The molecular weight excluding hydrogens is 238 g/mol. The van der Waals surface area contributed by atoms with Crippen molar-refractivity contribution in [3.63, 3.8) is 0 Å². The third-order valence-corrected chi connectivity index (χ3v) is 2.97. The van der Waals surface area contributed by atoms with E-state index in [0.29, 0.717) is 0 Å². The smallest absolute Gasteiger partial charge is 0.123 e. The highest BCUT2D eigenvalue weighted by atomic mass is 16.5. The second-order valence-corrected chi connectivity index (χ2v) is 4.48. The Labute approximate surface area is 113 Å². The number of nitrogens with zero attached hydrogens (tertiary/aromatic N) is 2. The molecule has 0 aliphatic carbocycles. The summed E-state index contributed by atoms with van der Waals surface area (Å²) in [5.41, 5.74) is 3.27. The van der Waals surface area contributed by atoms with E-state index in [-0.39, 0.29) is 0 Å². The fourth-order valence-electron chi connectivity index (χ4n) is 2.06. The fourth-order valence-corrected chi connectivity index (χ4v) is 2.06. The maximum Gasteiger partial charge on any atom is 0.123 e. The molecule has 0 aliphatic heterocycles. The first-order valence-corrected chi connectivity index (χ1v) is 6.20. The second-order valence-electron chi connectivity index (χ2n) is 4.48. The van der Waals surface area contributed by atoms with Crippen LogP contribution in [0.3, 0.4) is 0 Å². The van der Waals surface area contributed by atoms with Crippen LogP contribution in [0.5, 0.6) is 5.75 Å². The minimum absolute atomic E-state index is 0.817. The number of hydrogen-bond acceptors (Lipinski definition) is 3. The monoisotopic (exact) mass is 257 g/mol. The van der Waals surface area contributed by atoms with E-state index < -0.39 is 0 Å². The van der Waals surface area contributed by atoms with Gasteiger partial charge in [-0.15, -0.1) is 6.58 Å². The molecule has 0 bridgehead atoms. The molecule has 0 saturated heterocycles. The maximum absolute atomic E-state index is 5.42. The van der Waals surface area contributed by atoms with Crippen molar-refractivity contribution < 1.29 is 4.74 Å². The van der Waals surface area contributed by atoms with E-state index in [1.54, 1.807) is 13.3 Å². The van der Waals surface area contributed by atoms with E-state index >= 15 is 0 Å². The van der Waals surface area contributed by atoms with E-state index in [2.05, 4.69) is 34.8 Å². The van der Waals surface area contributed by atoms with Gasteiger partial charge in [0.2, 0.25) is 0 Å². The predicted octanol–water partition coefficient (Wildman–Crippen LogP) is 2.70. The number of likely N-dealkylation sites (N-methyl/N-ethyl adjacent to an activating group) is 1. The van der Waals surface area contributed by atoms with Crippen molar-refractivity contribution in [3.8, 4) is 17.0 Å². The summed E-state index contributed by atoms with van der Waals surface area (Å²) in [7, 11) is 3.76. The van der Waals surface area contributed by atoms with Gasteiger partial charge in [0.15, 0.2) is 0 Å². The van der Waals surface area contributed by atoms with Crippen LogP contribution in [0.25, 0.3) is 11.3 Å². The number of benzene rings is 1. The van der Waals surface area contributed by atoms with Crippen LogP contribution < -0.4 is 4.74 Å². The zero-order valence-corrected chi connectivity index (χ0v) is 11.4. The number of nitrogens with one attached hydrogen (secondary N) is 1. The number of hydrogen-bond donors (Lipinski definition) is 1. The Morgan fingerprint density at radius 1 is 1.42 bits per heavy atom. The molecule has 1 N–H and O–H groups in total. The van der Waals surface area contributed by atoms with Gasteiger partial charge in [-0.1, -0.05) is 6.08 Å². The average Bonchev–Trinajstić information content (AvgIpc) is 2.93. The summed E-state index contributed by atoms with van der Waals surface area (Å²) in [6.07, 6.45) is 3.65. The minimum Gasteiger partial charge on any atom is -0.496 e. The molecule has 2 aromatic rings. The Morgan fingerprint density at radius 2 is 2.26 bits per heavy atom. The van der Waals surface area contributed by atoms with E-state index in [9.17, 15) is 0 Å². The average molecular weight is 257 g/mol. The largest absolute Gasteiger partial charge is 0.496 e. The first-order chi connectivity index (χ1) is 9.24. The zero-order chi connectivity index (χ0) is 13.7. The first kappa shape index (κ1) is 13.4. The van der Waals surface area contributed by atoms with Crippen molar-refractivity contribution in [2.75, 3.05) is 20.7 Å². The van der Waals surface area contributed by atoms with Gasteiger partial charge in [-0.2, -0.15) is 5.10 Å². The predicted molar refractivity (Wildman–Crippen MR) is 77.1 cm³/mol. The van der Waals surface area contributed by atoms with Crippen LogP contribution in [0.4, 0.5) is 0 Å². The first-order valence-electron chi connectivity index (χ1n) is 6.20. The van der Waals surface area contributed by atoms with Crippen molar-refractivity contribution >= 4 is 0 Å². The van der Waals surface area contributed by atoms with E-state index in [1.165, 1.54) is 0 Å². The topological polar surface area (TPSA) is 41.2 Å². The van der Waals surface area contributed by atoms with Gasteiger partial charge in [0.1, 0.15) is 5.75 Å². The van der Waals surface area contributed by atoms with Crippen LogP contribution in [0.2, 0.25) is 0 Å². The van der Waals surface area contributed by atoms with Crippen LogP contribution in [-0.2, 0) is 6.54 Å². The van der Waals surface area contributed by atoms with Gasteiger partial charge in [0.25, 0.3) is 0 Å². The minimum atomic E-state index is 0.817. The summed E-state index contributed by atoms with van der Waals surface area (Å²) in [5, 5.41) is 6.96. The molecule has 0 spiro atoms. The molecule has 0 radical (unpaired) electrons. The van der Waals surface area contributed by atoms with Crippen molar-refractivity contribution in [2.45, 2.75) is 6.54 Å². The number of aromatic nitrogens is 2. The molecule has 1 aromatic carbocycles. The molecule has 100 valence electrons. The van der Waals surface area contributed by atoms with Crippen molar-refractivity contribution in [1.29, 1.82) is 0 Å². The number of methoxy groups -OCH3 is 1. The van der Waals surface area contributed by atoms with Gasteiger partial charge in [-0.25, -0.2) is 0 Å². The van der Waals surface area contributed by atoms with Gasteiger partial charge < -0.3 is 4.74 Å². The second kappa shape index (κ2) is 6.20. The van der Waals surface area contributed by atoms with Crippen LogP contribution in [0, 0.1) is 0 Å². The summed E-state index contributed by atoms with van der Waals surface area (Å²) in [6, 6.07) is 8.11. The molecule has 2 rings (SSSR count). The Morgan fingerprint density at radius 3 is 2.89 bits per heavy atom. The van der Waals surface area contributed by atoms with Crippen LogP contribution in [0.1, 0.15) is 5.56 Å². The van der Waals surface area contributed by atoms with Crippen LogP contribution in [-0.4, -0.2) is 35.8 Å². The number of aromatic amines is 1. The number of ether oxygens (including phenoxy) is 1. The van der Waals surface area contributed by atoms with E-state index in [4.69, 9.17) is 4.74 Å². The lowest BCUT2D eigenvalue weighted by atomic mass is 10.1. The lowest BCUT2D eigenvalue weighted by Crippen LogP contribution is -2.17. The Hall–Kier alpha value is -2.07. The SMILES string of the molecule is C=CCN(C)Cc1cc(-c2ccn[nH]2)ccc1OC. The molecule has 0 unspecified atom stereocenters. The summed E-state index contributed by atoms with van der Waals surface area (Å²) in [5.74, 6) is 0.902. The molecule has 0 aliphatic rings. The summed E-state index contributed by atoms with van der Waals surface area (Å²) in [6.45, 7) is 5.42. The highest BCUT2D eigenvalue weighted by Gasteiger charge is 2.08.